The van der Waals surface area contributed by atoms with Gasteiger partial charge in [0.2, 0.25) is 0 Å². The summed E-state index contributed by atoms with van der Waals surface area (Å²) in [4.78, 5) is 21.6. The number of rotatable bonds is 9. The van der Waals surface area contributed by atoms with Gasteiger partial charge in [-0.2, -0.15) is 0 Å². The largest absolute Gasteiger partial charge is 0.748 e. The van der Waals surface area contributed by atoms with E-state index < -0.39 is 21.8 Å². The van der Waals surface area contributed by atoms with Gasteiger partial charge in [-0.15, -0.1) is 0 Å². The zero-order valence-electron chi connectivity index (χ0n) is 15.7. The van der Waals surface area contributed by atoms with Crippen LogP contribution < -0.4 is 0 Å². The third kappa shape index (κ3) is 20.2. The van der Waals surface area contributed by atoms with E-state index >= 15 is 0 Å². The minimum Gasteiger partial charge on any atom is -0.748 e. The normalized spacial score (nSPS) is 11.0. The van der Waals surface area contributed by atoms with Crippen LogP contribution in [0.2, 0.25) is 0 Å². The van der Waals surface area contributed by atoms with Crippen molar-refractivity contribution in [3.63, 3.8) is 0 Å². The van der Waals surface area contributed by atoms with E-state index in [4.69, 9.17) is 4.74 Å². The van der Waals surface area contributed by atoms with Gasteiger partial charge in [0.25, 0.3) is 0 Å². The first-order valence-corrected chi connectivity index (χ1v) is 9.12. The Morgan fingerprint density at radius 2 is 1.36 bits per heavy atom. The summed E-state index contributed by atoms with van der Waals surface area (Å²) < 4.78 is 40.6. The molecule has 0 aromatic heterocycles. The molecule has 0 aliphatic carbocycles. The first-order chi connectivity index (χ1) is 11.2. The number of nitrogens with zero attached hydrogens (tertiary/aromatic N) is 1. The standard InChI is InChI=1S/C9H18NO2.C7H12O5S/c1-8(2)9(11)12-7-6-10(3,4)5;1-6(2)7(8)12-4-3-5-13(9,10)11/h1,6-7H2,2-5H3;1,3-5H2,2H3,(H,9,10,11)/q+1;/p-1. The van der Waals surface area contributed by atoms with Crippen molar-refractivity contribution in [1.82, 2.24) is 0 Å². The van der Waals surface area contributed by atoms with E-state index in [1.807, 2.05) is 0 Å². The van der Waals surface area contributed by atoms with Gasteiger partial charge in [0.05, 0.1) is 37.9 Å². The summed E-state index contributed by atoms with van der Waals surface area (Å²) in [6.07, 6.45) is 0.0187. The van der Waals surface area contributed by atoms with Gasteiger partial charge in [-0.25, -0.2) is 18.0 Å². The van der Waals surface area contributed by atoms with Crippen LogP contribution in [0.1, 0.15) is 20.3 Å². The molecule has 0 radical (unpaired) electrons. The molecule has 0 N–H and O–H groups in total. The van der Waals surface area contributed by atoms with Crippen molar-refractivity contribution in [2.75, 3.05) is 46.7 Å². The Hall–Kier alpha value is -1.71. The highest BCUT2D eigenvalue weighted by Gasteiger charge is 2.09. The third-order valence-corrected chi connectivity index (χ3v) is 3.25. The van der Waals surface area contributed by atoms with Crippen LogP contribution in [0.15, 0.2) is 24.3 Å². The molecule has 0 unspecified atom stereocenters. The summed E-state index contributed by atoms with van der Waals surface area (Å²) in [5.41, 5.74) is 0.696. The molecule has 8 nitrogen and oxygen atoms in total. The van der Waals surface area contributed by atoms with Gasteiger partial charge < -0.3 is 18.5 Å². The van der Waals surface area contributed by atoms with Crippen LogP contribution in [-0.4, -0.2) is 76.0 Å². The third-order valence-electron chi connectivity index (χ3n) is 2.46. The highest BCUT2D eigenvalue weighted by atomic mass is 32.2. The van der Waals surface area contributed by atoms with Crippen molar-refractivity contribution >= 4 is 22.1 Å². The maximum absolute atomic E-state index is 10.9. The van der Waals surface area contributed by atoms with Crippen LogP contribution in [0.4, 0.5) is 0 Å². The minimum atomic E-state index is -4.21. The fourth-order valence-corrected chi connectivity index (χ4v) is 1.53. The number of likely N-dealkylation sites (N-methyl/N-ethyl adjacent to an activating group) is 1. The maximum Gasteiger partial charge on any atom is 0.333 e. The fourth-order valence-electron chi connectivity index (χ4n) is 1.06. The number of ether oxygens (including phenoxy) is 2. The smallest absolute Gasteiger partial charge is 0.333 e. The predicted octanol–water partition coefficient (Wildman–Crippen LogP) is 0.853. The van der Waals surface area contributed by atoms with Gasteiger partial charge in [-0.1, -0.05) is 13.2 Å². The molecule has 0 saturated heterocycles. The SMILES string of the molecule is C=C(C)C(=O)OCCCS(=O)(=O)[O-].C=C(C)C(=O)OCC[N+](C)(C)C. The van der Waals surface area contributed by atoms with Gasteiger partial charge >= 0.3 is 11.9 Å². The van der Waals surface area contributed by atoms with Crippen LogP contribution in [0.3, 0.4) is 0 Å². The Labute approximate surface area is 150 Å². The number of quaternary nitrogens is 1. The minimum absolute atomic E-state index is 0.0187. The Morgan fingerprint density at radius 1 is 0.960 bits per heavy atom. The van der Waals surface area contributed by atoms with E-state index in [-0.39, 0.29) is 24.6 Å². The molecular formula is C16H29NO7S. The molecule has 0 aromatic rings. The number of carbonyl (C=O) groups excluding carboxylic acids is 2. The van der Waals surface area contributed by atoms with Crippen molar-refractivity contribution in [3.05, 3.63) is 24.3 Å². The van der Waals surface area contributed by atoms with Crippen molar-refractivity contribution in [3.8, 4) is 0 Å². The fraction of sp³-hybridized carbons (Fsp3) is 0.625. The highest BCUT2D eigenvalue weighted by molar-refractivity contribution is 7.85. The van der Waals surface area contributed by atoms with Crippen molar-refractivity contribution in [2.45, 2.75) is 20.3 Å². The van der Waals surface area contributed by atoms with Gasteiger partial charge in [-0.05, 0) is 20.3 Å². The van der Waals surface area contributed by atoms with E-state index in [2.05, 4.69) is 39.0 Å². The molecule has 0 aliphatic rings. The van der Waals surface area contributed by atoms with Crippen molar-refractivity contribution in [2.24, 2.45) is 0 Å². The molecule has 0 rings (SSSR count). The molecule has 0 fully saturated rings. The molecule has 0 amide bonds. The van der Waals surface area contributed by atoms with Crippen LogP contribution in [-0.2, 0) is 29.2 Å². The Bertz CT molecular complexity index is 574. The molecular weight excluding hydrogens is 350 g/mol. The summed E-state index contributed by atoms with van der Waals surface area (Å²) in [5.74, 6) is -1.40. The average Bonchev–Trinajstić information content (AvgIpc) is 2.41. The van der Waals surface area contributed by atoms with Gasteiger partial charge in [0.15, 0.2) is 0 Å². The van der Waals surface area contributed by atoms with Gasteiger partial charge in [0, 0.05) is 16.9 Å². The van der Waals surface area contributed by atoms with Crippen LogP contribution in [0, 0.1) is 0 Å². The van der Waals surface area contributed by atoms with Crippen molar-refractivity contribution < 1.29 is 36.5 Å². The molecule has 0 atom stereocenters. The zero-order chi connectivity index (χ0) is 20.3. The second-order valence-electron chi connectivity index (χ2n) is 6.46. The molecule has 0 saturated carbocycles. The lowest BCUT2D eigenvalue weighted by molar-refractivity contribution is -0.870. The Kier molecular flexibility index (Phi) is 12.0. The van der Waals surface area contributed by atoms with Crippen LogP contribution in [0.5, 0.6) is 0 Å². The topological polar surface area (TPSA) is 110 Å². The quantitative estimate of drug-likeness (QED) is 0.192. The summed E-state index contributed by atoms with van der Waals surface area (Å²) >= 11 is 0. The van der Waals surface area contributed by atoms with E-state index in [9.17, 15) is 22.6 Å². The first kappa shape index (κ1) is 25.5. The molecule has 0 aliphatic heterocycles. The van der Waals surface area contributed by atoms with Crippen LogP contribution in [0.25, 0.3) is 0 Å². The average molecular weight is 379 g/mol. The number of esters is 2. The molecule has 25 heavy (non-hydrogen) atoms. The molecule has 0 spiro atoms. The van der Waals surface area contributed by atoms with Gasteiger partial charge in [-0.3, -0.25) is 0 Å². The van der Waals surface area contributed by atoms with E-state index in [1.54, 1.807) is 6.92 Å². The molecule has 9 heteroatoms. The van der Waals surface area contributed by atoms with Crippen LogP contribution >= 0.6 is 0 Å². The highest BCUT2D eigenvalue weighted by Crippen LogP contribution is 1.95. The molecule has 146 valence electrons. The summed E-state index contributed by atoms with van der Waals surface area (Å²) in [7, 11) is 1.94. The summed E-state index contributed by atoms with van der Waals surface area (Å²) in [6, 6.07) is 0. The molecule has 0 heterocycles. The summed E-state index contributed by atoms with van der Waals surface area (Å²) in [6.45, 7) is 11.1. The Balaban J connectivity index is 0. The lowest BCUT2D eigenvalue weighted by atomic mass is 10.4. The lowest BCUT2D eigenvalue weighted by Gasteiger charge is -2.23. The van der Waals surface area contributed by atoms with Crippen molar-refractivity contribution in [1.29, 1.82) is 0 Å². The number of hydrogen-bond acceptors (Lipinski definition) is 7. The molecule has 0 bridgehead atoms. The van der Waals surface area contributed by atoms with E-state index in [0.29, 0.717) is 12.2 Å². The first-order valence-electron chi connectivity index (χ1n) is 7.55. The van der Waals surface area contributed by atoms with Gasteiger partial charge in [0.1, 0.15) is 13.2 Å². The monoisotopic (exact) mass is 379 g/mol. The van der Waals surface area contributed by atoms with E-state index in [0.717, 1.165) is 11.0 Å². The predicted molar refractivity (Wildman–Crippen MR) is 93.6 cm³/mol. The second kappa shape index (κ2) is 11.8. The number of carbonyl (C=O) groups is 2. The maximum atomic E-state index is 10.9. The van der Waals surface area contributed by atoms with E-state index in [1.165, 1.54) is 6.92 Å². The lowest BCUT2D eigenvalue weighted by Crippen LogP contribution is -2.38. The number of hydrogen-bond donors (Lipinski definition) is 0. The second-order valence-corrected chi connectivity index (χ2v) is 7.99. The molecule has 0 aromatic carbocycles. The summed E-state index contributed by atoms with van der Waals surface area (Å²) in [5, 5.41) is 0. The zero-order valence-corrected chi connectivity index (χ0v) is 16.5. The Morgan fingerprint density at radius 3 is 1.68 bits per heavy atom.